The topological polar surface area (TPSA) is 50.1 Å². The number of aromatic nitrogens is 1. The third kappa shape index (κ3) is 4.47. The molecule has 0 radical (unpaired) electrons. The normalized spacial score (nSPS) is 11.6. The van der Waals surface area contributed by atoms with E-state index in [1.807, 2.05) is 49.4 Å². The lowest BCUT2D eigenvalue weighted by Gasteiger charge is -2.09. The molecule has 4 nitrogen and oxygen atoms in total. The summed E-state index contributed by atoms with van der Waals surface area (Å²) in [4.78, 5) is 25.0. The lowest BCUT2D eigenvalue weighted by Crippen LogP contribution is -2.44. The number of ketones is 1. The molecule has 0 fully saturated rings. The number of rotatable bonds is 6. The van der Waals surface area contributed by atoms with E-state index >= 15 is 0 Å². The molecule has 0 aliphatic carbocycles. The predicted molar refractivity (Wildman–Crippen MR) is 106 cm³/mol. The van der Waals surface area contributed by atoms with E-state index < -0.39 is 6.04 Å². The molecular formula is C23H23N2O2+. The summed E-state index contributed by atoms with van der Waals surface area (Å²) >= 11 is 0. The SMILES string of the molecule is CCc1ccc(NC(=O)[C@@H](C)[n+]2ccc(C(=O)c3ccccc3)cc2)cc1. The van der Waals surface area contributed by atoms with Crippen LogP contribution in [0.15, 0.2) is 79.1 Å². The number of hydrogen-bond donors (Lipinski definition) is 1. The fourth-order valence-electron chi connectivity index (χ4n) is 2.81. The second-order valence-corrected chi connectivity index (χ2v) is 6.44. The van der Waals surface area contributed by atoms with E-state index in [0.29, 0.717) is 11.1 Å². The van der Waals surface area contributed by atoms with Gasteiger partial charge in [-0.2, -0.15) is 4.57 Å². The Morgan fingerprint density at radius 3 is 2.07 bits per heavy atom. The molecular weight excluding hydrogens is 336 g/mol. The number of pyridine rings is 1. The highest BCUT2D eigenvalue weighted by Crippen LogP contribution is 2.12. The highest BCUT2D eigenvalue weighted by atomic mass is 16.2. The molecule has 136 valence electrons. The lowest BCUT2D eigenvalue weighted by molar-refractivity contribution is -0.705. The van der Waals surface area contributed by atoms with Crippen molar-refractivity contribution in [3.05, 3.63) is 95.8 Å². The maximum atomic E-state index is 12.5. The van der Waals surface area contributed by atoms with E-state index in [1.54, 1.807) is 41.2 Å². The van der Waals surface area contributed by atoms with E-state index in [4.69, 9.17) is 0 Å². The number of amides is 1. The summed E-state index contributed by atoms with van der Waals surface area (Å²) in [5.74, 6) is -0.137. The first-order valence-corrected chi connectivity index (χ1v) is 9.09. The van der Waals surface area contributed by atoms with Gasteiger partial charge >= 0.3 is 0 Å². The zero-order chi connectivity index (χ0) is 19.2. The molecule has 0 aliphatic rings. The average molecular weight is 359 g/mol. The van der Waals surface area contributed by atoms with Gasteiger partial charge in [0.25, 0.3) is 5.91 Å². The van der Waals surface area contributed by atoms with Crippen molar-refractivity contribution in [2.24, 2.45) is 0 Å². The minimum Gasteiger partial charge on any atom is -0.320 e. The van der Waals surface area contributed by atoms with Gasteiger partial charge in [-0.15, -0.1) is 0 Å². The third-order valence-corrected chi connectivity index (χ3v) is 4.61. The van der Waals surface area contributed by atoms with E-state index in [1.165, 1.54) is 5.56 Å². The standard InChI is InChI=1S/C23H22N2O2/c1-3-18-9-11-21(12-10-18)24-23(27)17(2)25-15-13-20(14-16-25)22(26)19-7-5-4-6-8-19/h4-17H,3H2,1-2H3/p+1/t17-/m1/s1. The van der Waals surface area contributed by atoms with Crippen molar-refractivity contribution in [2.45, 2.75) is 26.3 Å². The first kappa shape index (κ1) is 18.5. The first-order valence-electron chi connectivity index (χ1n) is 9.09. The number of nitrogens with zero attached hydrogens (tertiary/aromatic N) is 1. The number of nitrogens with one attached hydrogen (secondary N) is 1. The number of carbonyl (C=O) groups excluding carboxylic acids is 2. The maximum Gasteiger partial charge on any atom is 0.293 e. The van der Waals surface area contributed by atoms with Crippen LogP contribution >= 0.6 is 0 Å². The van der Waals surface area contributed by atoms with Gasteiger partial charge in [0.1, 0.15) is 0 Å². The van der Waals surface area contributed by atoms with Crippen LogP contribution in [0.3, 0.4) is 0 Å². The third-order valence-electron chi connectivity index (χ3n) is 4.61. The van der Waals surface area contributed by atoms with Crippen LogP contribution < -0.4 is 9.88 Å². The molecule has 0 bridgehead atoms. The van der Waals surface area contributed by atoms with Gasteiger partial charge < -0.3 is 5.32 Å². The average Bonchev–Trinajstić information content (AvgIpc) is 2.74. The molecule has 0 saturated carbocycles. The van der Waals surface area contributed by atoms with Crippen molar-refractivity contribution in [3.63, 3.8) is 0 Å². The molecule has 0 aliphatic heterocycles. The van der Waals surface area contributed by atoms with Gasteiger partial charge in [0.15, 0.2) is 18.2 Å². The molecule has 4 heteroatoms. The van der Waals surface area contributed by atoms with Crippen LogP contribution in [0.25, 0.3) is 0 Å². The predicted octanol–water partition coefficient (Wildman–Crippen LogP) is 3.97. The van der Waals surface area contributed by atoms with Gasteiger partial charge in [-0.05, 0) is 24.1 Å². The van der Waals surface area contributed by atoms with Crippen LogP contribution in [0.4, 0.5) is 5.69 Å². The van der Waals surface area contributed by atoms with Crippen molar-refractivity contribution >= 4 is 17.4 Å². The van der Waals surface area contributed by atoms with Crippen molar-refractivity contribution in [3.8, 4) is 0 Å². The minimum absolute atomic E-state index is 0.0316. The molecule has 3 rings (SSSR count). The molecule has 0 unspecified atom stereocenters. The van der Waals surface area contributed by atoms with Crippen LogP contribution in [0.2, 0.25) is 0 Å². The zero-order valence-electron chi connectivity index (χ0n) is 15.6. The van der Waals surface area contributed by atoms with E-state index in [2.05, 4.69) is 12.2 Å². The zero-order valence-corrected chi connectivity index (χ0v) is 15.6. The van der Waals surface area contributed by atoms with Crippen LogP contribution in [0.1, 0.15) is 41.4 Å². The monoisotopic (exact) mass is 359 g/mol. The second kappa shape index (κ2) is 8.41. The molecule has 3 aromatic rings. The fraction of sp³-hybridized carbons (Fsp3) is 0.174. The molecule has 1 amide bonds. The van der Waals surface area contributed by atoms with Crippen LogP contribution in [0, 0.1) is 0 Å². The Morgan fingerprint density at radius 2 is 1.48 bits per heavy atom. The lowest BCUT2D eigenvalue weighted by atomic mass is 10.0. The molecule has 1 N–H and O–H groups in total. The summed E-state index contributed by atoms with van der Waals surface area (Å²) in [6, 6.07) is 20.1. The van der Waals surface area contributed by atoms with Gasteiger partial charge in [0.2, 0.25) is 6.04 Å². The van der Waals surface area contributed by atoms with E-state index in [9.17, 15) is 9.59 Å². The smallest absolute Gasteiger partial charge is 0.293 e. The Balaban J connectivity index is 1.68. The van der Waals surface area contributed by atoms with Gasteiger partial charge in [-0.25, -0.2) is 0 Å². The fourth-order valence-corrected chi connectivity index (χ4v) is 2.81. The van der Waals surface area contributed by atoms with Crippen molar-refractivity contribution < 1.29 is 14.2 Å². The molecule has 1 atom stereocenters. The largest absolute Gasteiger partial charge is 0.320 e. The van der Waals surface area contributed by atoms with E-state index in [-0.39, 0.29) is 11.7 Å². The summed E-state index contributed by atoms with van der Waals surface area (Å²) in [6.45, 7) is 3.92. The van der Waals surface area contributed by atoms with Gasteiger partial charge in [-0.1, -0.05) is 49.4 Å². The second-order valence-electron chi connectivity index (χ2n) is 6.44. The minimum atomic E-state index is -0.392. The number of benzene rings is 2. The van der Waals surface area contributed by atoms with Gasteiger partial charge in [0.05, 0.1) is 0 Å². The number of aryl methyl sites for hydroxylation is 1. The molecule has 2 aromatic carbocycles. The van der Waals surface area contributed by atoms with E-state index in [0.717, 1.165) is 12.1 Å². The Kier molecular flexibility index (Phi) is 5.77. The summed E-state index contributed by atoms with van der Waals surface area (Å²) in [6.07, 6.45) is 4.50. The van der Waals surface area contributed by atoms with Crippen LogP contribution in [-0.4, -0.2) is 11.7 Å². The van der Waals surface area contributed by atoms with Crippen LogP contribution in [-0.2, 0) is 11.2 Å². The van der Waals surface area contributed by atoms with Gasteiger partial charge in [-0.3, -0.25) is 9.59 Å². The Bertz CT molecular complexity index is 917. The molecule has 1 aromatic heterocycles. The Morgan fingerprint density at radius 1 is 0.889 bits per heavy atom. The Labute approximate surface area is 159 Å². The van der Waals surface area contributed by atoms with Crippen molar-refractivity contribution in [1.82, 2.24) is 0 Å². The Hall–Kier alpha value is -3.27. The highest BCUT2D eigenvalue weighted by molar-refractivity contribution is 6.08. The van der Waals surface area contributed by atoms with Crippen molar-refractivity contribution in [2.75, 3.05) is 5.32 Å². The summed E-state index contributed by atoms with van der Waals surface area (Å²) < 4.78 is 1.79. The summed E-state index contributed by atoms with van der Waals surface area (Å²) in [5.41, 5.74) is 3.26. The first-order chi connectivity index (χ1) is 13.1. The number of anilines is 1. The molecule has 1 heterocycles. The molecule has 0 saturated heterocycles. The highest BCUT2D eigenvalue weighted by Gasteiger charge is 2.22. The summed E-state index contributed by atoms with van der Waals surface area (Å²) in [7, 11) is 0. The molecule has 0 spiro atoms. The number of hydrogen-bond acceptors (Lipinski definition) is 2. The van der Waals surface area contributed by atoms with Gasteiger partial charge in [0, 0.05) is 35.9 Å². The van der Waals surface area contributed by atoms with Crippen LogP contribution in [0.5, 0.6) is 0 Å². The maximum absolute atomic E-state index is 12.5. The van der Waals surface area contributed by atoms with Crippen molar-refractivity contribution in [1.29, 1.82) is 0 Å². The summed E-state index contributed by atoms with van der Waals surface area (Å²) in [5, 5.41) is 2.93. The quantitative estimate of drug-likeness (QED) is 0.535. The number of carbonyl (C=O) groups is 2. The molecule has 27 heavy (non-hydrogen) atoms.